The zero-order chi connectivity index (χ0) is 45.4. The van der Waals surface area contributed by atoms with Crippen LogP contribution in [-0.2, 0) is 14.3 Å². The highest BCUT2D eigenvalue weighted by Crippen LogP contribution is 2.77. The van der Waals surface area contributed by atoms with Crippen molar-refractivity contribution in [2.24, 2.45) is 56.7 Å². The standard InChI is InChI=1S/C55H96N4O5/c1-42(2)44-15-20-55(41-63-43(3)39-58-31-25-56(26-32-58,27-33-58)23-9-11-37-60)22-21-53(7)45(50(44)55)13-14-47-52(6)18-17-48(51(4,5)46(52)16-19-54(47,53)8)64-49(62)40-59-34-28-57(29-35-59,30-36-59)24-10-12-38-61/h44-48,50,60-61H,1,3,9-41H2,2,4-8H3/q+4/t44?,45?,46?,47?,48-,50?,52-,53+,54+,55+,56?,57?,58?,59?/m0/s1. The van der Waals surface area contributed by atoms with E-state index in [9.17, 15) is 15.0 Å². The van der Waals surface area contributed by atoms with E-state index < -0.39 is 0 Å². The molecule has 6 saturated heterocycles. The van der Waals surface area contributed by atoms with Crippen LogP contribution in [0.25, 0.3) is 0 Å². The molecule has 0 aromatic carbocycles. The number of unbranched alkanes of at least 4 members (excludes halogenated alkanes) is 2. The maximum Gasteiger partial charge on any atom is 0.362 e. The minimum absolute atomic E-state index is 0.0000784. The number of aliphatic hydroxyl groups excluding tert-OH is 2. The van der Waals surface area contributed by atoms with Crippen LogP contribution in [-0.4, -0.2) is 165 Å². The Morgan fingerprint density at radius 1 is 0.609 bits per heavy atom. The second kappa shape index (κ2) is 17.2. The van der Waals surface area contributed by atoms with Crippen LogP contribution in [0.15, 0.2) is 24.5 Å². The lowest BCUT2D eigenvalue weighted by Gasteiger charge is -2.73. The van der Waals surface area contributed by atoms with E-state index in [4.69, 9.17) is 16.1 Å². The lowest BCUT2D eigenvalue weighted by Crippen LogP contribution is -2.75. The molecule has 10 atom stereocenters. The molecule has 2 N–H and O–H groups in total. The van der Waals surface area contributed by atoms with E-state index in [2.05, 4.69) is 48.1 Å². The van der Waals surface area contributed by atoms with E-state index in [1.54, 1.807) is 0 Å². The van der Waals surface area contributed by atoms with Crippen LogP contribution in [0.1, 0.15) is 131 Å². The summed E-state index contributed by atoms with van der Waals surface area (Å²) in [6, 6.07) is 0. The summed E-state index contributed by atoms with van der Waals surface area (Å²) in [5, 5.41) is 18.7. The van der Waals surface area contributed by atoms with Gasteiger partial charge in [-0.05, 0) is 143 Å². The number of ether oxygens (including phenoxy) is 2. The van der Waals surface area contributed by atoms with Crippen molar-refractivity contribution in [2.45, 2.75) is 138 Å². The largest absolute Gasteiger partial charge is 0.492 e. The van der Waals surface area contributed by atoms with E-state index in [0.29, 0.717) is 49.3 Å². The fraction of sp³-hybridized carbons (Fsp3) is 0.909. The van der Waals surface area contributed by atoms with Crippen molar-refractivity contribution in [3.05, 3.63) is 24.5 Å². The lowest BCUT2D eigenvalue weighted by atomic mass is 9.32. The van der Waals surface area contributed by atoms with Gasteiger partial charge in [0.05, 0.1) is 19.7 Å². The lowest BCUT2D eigenvalue weighted by molar-refractivity contribution is -1.08. The fourth-order valence-corrected chi connectivity index (χ4v) is 19.0. The summed E-state index contributed by atoms with van der Waals surface area (Å²) < 4.78 is 18.3. The summed E-state index contributed by atoms with van der Waals surface area (Å²) in [5.74, 6) is 4.24. The average Bonchev–Trinajstić information content (AvgIpc) is 3.66. The van der Waals surface area contributed by atoms with Crippen molar-refractivity contribution in [1.29, 1.82) is 0 Å². The monoisotopic (exact) mass is 893 g/mol. The zero-order valence-electron chi connectivity index (χ0n) is 42.1. The molecule has 5 aliphatic carbocycles. The van der Waals surface area contributed by atoms with Gasteiger partial charge in [0.25, 0.3) is 0 Å². The number of rotatable bonds is 17. The van der Waals surface area contributed by atoms with Gasteiger partial charge in [0.15, 0.2) is 6.54 Å². The number of hydrogen-bond donors (Lipinski definition) is 2. The summed E-state index contributed by atoms with van der Waals surface area (Å²) in [6.07, 6.45) is 16.6. The second-order valence-electron chi connectivity index (χ2n) is 26.4. The molecule has 11 aliphatic rings. The number of aliphatic hydroxyl groups is 2. The first-order chi connectivity index (χ1) is 30.4. The molecule has 4 bridgehead atoms. The first-order valence-electron chi connectivity index (χ1n) is 27.1. The Kier molecular flexibility index (Phi) is 12.8. The first-order valence-corrected chi connectivity index (χ1v) is 27.1. The summed E-state index contributed by atoms with van der Waals surface area (Å²) >= 11 is 0. The normalized spacial score (nSPS) is 47.5. The number of esters is 1. The molecule has 5 unspecified atom stereocenters. The highest BCUT2D eigenvalue weighted by Gasteiger charge is 2.71. The molecular formula is C55H96N4O5+4. The molecule has 0 aromatic rings. The molecule has 0 radical (unpaired) electrons. The number of quaternary nitrogens is 4. The van der Waals surface area contributed by atoms with Gasteiger partial charge >= 0.3 is 5.97 Å². The highest BCUT2D eigenvalue weighted by atomic mass is 16.5. The molecule has 11 rings (SSSR count). The van der Waals surface area contributed by atoms with Gasteiger partial charge in [0, 0.05) is 24.0 Å². The van der Waals surface area contributed by atoms with Crippen molar-refractivity contribution in [3.63, 3.8) is 0 Å². The molecule has 0 aromatic heterocycles. The Morgan fingerprint density at radius 3 is 1.73 bits per heavy atom. The predicted octanol–water partition coefficient (Wildman–Crippen LogP) is 7.95. The molecule has 5 saturated carbocycles. The summed E-state index contributed by atoms with van der Waals surface area (Å²) in [4.78, 5) is 14.0. The number of piperazine rings is 6. The van der Waals surface area contributed by atoms with Gasteiger partial charge in [-0.15, -0.1) is 0 Å². The van der Waals surface area contributed by atoms with E-state index in [1.165, 1.54) is 144 Å². The van der Waals surface area contributed by atoms with Crippen molar-refractivity contribution < 1.29 is 42.4 Å². The minimum Gasteiger partial charge on any atom is -0.492 e. The molecule has 9 nitrogen and oxygen atoms in total. The first kappa shape index (κ1) is 47.6. The molecule has 362 valence electrons. The Hall–Kier alpha value is -1.49. The van der Waals surface area contributed by atoms with Gasteiger partial charge in [0.1, 0.15) is 96.9 Å². The van der Waals surface area contributed by atoms with Crippen LogP contribution in [0.3, 0.4) is 0 Å². The Balaban J connectivity index is 0.846. The van der Waals surface area contributed by atoms with Crippen LogP contribution in [0.5, 0.6) is 0 Å². The quantitative estimate of drug-likeness (QED) is 0.0510. The topological polar surface area (TPSA) is 76.0 Å². The molecule has 11 fully saturated rings. The molecule has 64 heavy (non-hydrogen) atoms. The molecule has 9 heteroatoms. The van der Waals surface area contributed by atoms with Gasteiger partial charge in [-0.3, -0.25) is 0 Å². The van der Waals surface area contributed by atoms with E-state index in [1.807, 2.05) is 0 Å². The van der Waals surface area contributed by atoms with Crippen LogP contribution in [0.4, 0.5) is 0 Å². The van der Waals surface area contributed by atoms with E-state index >= 15 is 0 Å². The van der Waals surface area contributed by atoms with Crippen molar-refractivity contribution in [1.82, 2.24) is 0 Å². The second-order valence-corrected chi connectivity index (χ2v) is 26.4. The van der Waals surface area contributed by atoms with Gasteiger partial charge < -0.3 is 37.6 Å². The molecule has 0 spiro atoms. The molecule has 0 amide bonds. The van der Waals surface area contributed by atoms with Gasteiger partial charge in [0.2, 0.25) is 0 Å². The van der Waals surface area contributed by atoms with Crippen molar-refractivity contribution in [2.75, 3.05) is 125 Å². The Bertz CT molecular complexity index is 1710. The van der Waals surface area contributed by atoms with Gasteiger partial charge in [-0.1, -0.05) is 53.3 Å². The Labute approximate surface area is 390 Å². The SMILES string of the molecule is C=C(C[N+]12CC[N+](CCCCO)(CC1)CC2)OC[C@]12CCC(C(=C)C)C1C1CCC3[C@@]4(C)CC[C@H](OC(=O)C[N+]56CC[N+](CCCCO)(CC5)CC6)C(C)(C)C4CC[C@@]3(C)[C@]1(C)CC2. The Morgan fingerprint density at radius 2 is 1.17 bits per heavy atom. The van der Waals surface area contributed by atoms with Gasteiger partial charge in [-0.2, -0.15) is 0 Å². The van der Waals surface area contributed by atoms with Crippen LogP contribution >= 0.6 is 0 Å². The average molecular weight is 893 g/mol. The van der Waals surface area contributed by atoms with Crippen LogP contribution in [0, 0.1) is 56.7 Å². The third-order valence-electron chi connectivity index (χ3n) is 23.4. The number of nitrogens with zero attached hydrogens (tertiary/aromatic N) is 4. The summed E-state index contributed by atoms with van der Waals surface area (Å²) in [5.41, 5.74) is 2.39. The third kappa shape index (κ3) is 7.82. The van der Waals surface area contributed by atoms with E-state index in [-0.39, 0.29) is 39.1 Å². The van der Waals surface area contributed by atoms with Crippen molar-refractivity contribution in [3.8, 4) is 0 Å². The van der Waals surface area contributed by atoms with Crippen LogP contribution < -0.4 is 0 Å². The summed E-state index contributed by atoms with van der Waals surface area (Å²) in [7, 11) is 0. The predicted molar refractivity (Wildman–Crippen MR) is 255 cm³/mol. The van der Waals surface area contributed by atoms with Crippen LogP contribution in [0.2, 0.25) is 0 Å². The van der Waals surface area contributed by atoms with E-state index in [0.717, 1.165) is 79.6 Å². The zero-order valence-corrected chi connectivity index (χ0v) is 42.1. The highest BCUT2D eigenvalue weighted by molar-refractivity contribution is 5.71. The smallest absolute Gasteiger partial charge is 0.362 e. The number of fused-ring (bicyclic) bond motifs is 13. The maximum absolute atomic E-state index is 14.0. The maximum atomic E-state index is 14.0. The molecular weight excluding hydrogens is 797 g/mol. The number of carbonyl (C=O) groups is 1. The third-order valence-corrected chi connectivity index (χ3v) is 23.4. The number of carbonyl (C=O) groups excluding carboxylic acids is 1. The molecule has 6 heterocycles. The fourth-order valence-electron chi connectivity index (χ4n) is 19.0. The number of allylic oxidation sites excluding steroid dienone is 1. The van der Waals surface area contributed by atoms with Gasteiger partial charge in [-0.25, -0.2) is 4.79 Å². The number of hydrogen-bond acceptors (Lipinski definition) is 5. The minimum atomic E-state index is -0.0433. The summed E-state index contributed by atoms with van der Waals surface area (Å²) in [6.45, 7) is 44.5. The van der Waals surface area contributed by atoms with Crippen molar-refractivity contribution >= 4 is 5.97 Å². The molecule has 6 aliphatic heterocycles.